The van der Waals surface area contributed by atoms with E-state index in [0.717, 1.165) is 10.5 Å². The Bertz CT molecular complexity index is 994. The molecule has 1 saturated heterocycles. The number of hydrogen-bond acceptors (Lipinski definition) is 3. The maximum atomic E-state index is 13.1. The van der Waals surface area contributed by atoms with Crippen molar-refractivity contribution >= 4 is 11.8 Å². The van der Waals surface area contributed by atoms with Gasteiger partial charge in [-0.1, -0.05) is 12.1 Å². The second kappa shape index (κ2) is 9.94. The van der Waals surface area contributed by atoms with Crippen molar-refractivity contribution in [2.45, 2.75) is 25.2 Å². The van der Waals surface area contributed by atoms with E-state index in [9.17, 15) is 35.9 Å². The fourth-order valence-corrected chi connectivity index (χ4v) is 3.62. The molecule has 184 valence electrons. The standard InChI is InChI=1S/C23H22F6N2O3/c1-34-19-5-2-15(3-6-19)4-7-20(32)30-8-10-31(11-9-30)21(33)16-12-17(22(24,25)26)14-18(13-16)23(27,28)29/h2-3,5-6,12-14H,4,7-11H2,1H3. The molecule has 0 atom stereocenters. The van der Waals surface area contributed by atoms with Crippen LogP contribution >= 0.6 is 0 Å². The van der Waals surface area contributed by atoms with E-state index in [1.807, 2.05) is 12.1 Å². The minimum atomic E-state index is -5.04. The van der Waals surface area contributed by atoms with E-state index in [-0.39, 0.29) is 44.6 Å². The molecule has 0 radical (unpaired) electrons. The lowest BCUT2D eigenvalue weighted by molar-refractivity contribution is -0.143. The van der Waals surface area contributed by atoms with Gasteiger partial charge in [-0.3, -0.25) is 9.59 Å². The molecule has 5 nitrogen and oxygen atoms in total. The largest absolute Gasteiger partial charge is 0.497 e. The molecule has 1 aliphatic heterocycles. The third-order valence-electron chi connectivity index (χ3n) is 5.54. The highest BCUT2D eigenvalue weighted by Gasteiger charge is 2.38. The van der Waals surface area contributed by atoms with Gasteiger partial charge in [-0.05, 0) is 42.3 Å². The van der Waals surface area contributed by atoms with Crippen LogP contribution in [0.2, 0.25) is 0 Å². The van der Waals surface area contributed by atoms with Crippen molar-refractivity contribution in [3.63, 3.8) is 0 Å². The second-order valence-corrected chi connectivity index (χ2v) is 7.82. The Balaban J connectivity index is 1.62. The Kier molecular flexibility index (Phi) is 7.42. The first-order valence-electron chi connectivity index (χ1n) is 10.4. The van der Waals surface area contributed by atoms with E-state index in [4.69, 9.17) is 4.74 Å². The number of alkyl halides is 6. The van der Waals surface area contributed by atoms with Gasteiger partial charge in [-0.25, -0.2) is 0 Å². The monoisotopic (exact) mass is 488 g/mol. The molecule has 1 aliphatic rings. The first kappa shape index (κ1) is 25.4. The molecule has 11 heteroatoms. The molecule has 0 saturated carbocycles. The van der Waals surface area contributed by atoms with Crippen LogP contribution in [0, 0.1) is 0 Å². The molecule has 1 fully saturated rings. The Morgan fingerprint density at radius 1 is 0.824 bits per heavy atom. The topological polar surface area (TPSA) is 49.9 Å². The zero-order chi connectivity index (χ0) is 25.1. The lowest BCUT2D eigenvalue weighted by Crippen LogP contribution is -2.50. The number of amides is 2. The summed E-state index contributed by atoms with van der Waals surface area (Å²) < 4.78 is 83.5. The number of ether oxygens (including phenoxy) is 1. The molecule has 0 bridgehead atoms. The summed E-state index contributed by atoms with van der Waals surface area (Å²) in [5.74, 6) is -0.401. The van der Waals surface area contributed by atoms with Crippen LogP contribution in [-0.4, -0.2) is 54.9 Å². The zero-order valence-corrected chi connectivity index (χ0v) is 18.2. The highest BCUT2D eigenvalue weighted by Crippen LogP contribution is 2.36. The summed E-state index contributed by atoms with van der Waals surface area (Å²) >= 11 is 0. The van der Waals surface area contributed by atoms with Crippen LogP contribution in [0.3, 0.4) is 0 Å². The summed E-state index contributed by atoms with van der Waals surface area (Å²) in [4.78, 5) is 27.9. The smallest absolute Gasteiger partial charge is 0.416 e. The maximum absolute atomic E-state index is 13.1. The Labute approximate surface area is 191 Å². The van der Waals surface area contributed by atoms with Gasteiger partial charge in [0.1, 0.15) is 5.75 Å². The average Bonchev–Trinajstić information content (AvgIpc) is 2.81. The quantitative estimate of drug-likeness (QED) is 0.576. The van der Waals surface area contributed by atoms with Crippen molar-refractivity contribution in [3.8, 4) is 5.75 Å². The summed E-state index contributed by atoms with van der Waals surface area (Å²) in [6.45, 7) is 0.284. The van der Waals surface area contributed by atoms with Gasteiger partial charge < -0.3 is 14.5 Å². The number of piperazine rings is 1. The molecule has 34 heavy (non-hydrogen) atoms. The highest BCUT2D eigenvalue weighted by molar-refractivity contribution is 5.95. The number of methoxy groups -OCH3 is 1. The van der Waals surface area contributed by atoms with Crippen LogP contribution < -0.4 is 4.74 Å². The SMILES string of the molecule is COc1ccc(CCC(=O)N2CCN(C(=O)c3cc(C(F)(F)F)cc(C(F)(F)F)c3)CC2)cc1. The van der Waals surface area contributed by atoms with Crippen LogP contribution in [0.25, 0.3) is 0 Å². The van der Waals surface area contributed by atoms with Crippen molar-refractivity contribution in [1.82, 2.24) is 9.80 Å². The molecule has 0 spiro atoms. The predicted molar refractivity (Wildman–Crippen MR) is 110 cm³/mol. The van der Waals surface area contributed by atoms with E-state index >= 15 is 0 Å². The number of aryl methyl sites for hydroxylation is 1. The second-order valence-electron chi connectivity index (χ2n) is 7.82. The van der Waals surface area contributed by atoms with Crippen LogP contribution in [0.1, 0.15) is 33.5 Å². The number of rotatable bonds is 5. The van der Waals surface area contributed by atoms with Gasteiger partial charge in [0, 0.05) is 38.2 Å². The van der Waals surface area contributed by atoms with E-state index in [1.54, 1.807) is 19.2 Å². The predicted octanol–water partition coefficient (Wildman–Crippen LogP) is 4.65. The Morgan fingerprint density at radius 3 is 1.79 bits per heavy atom. The third kappa shape index (κ3) is 6.21. The summed E-state index contributed by atoms with van der Waals surface area (Å²) in [5, 5.41) is 0. The molecular formula is C23H22F6N2O3. The number of carbonyl (C=O) groups excluding carboxylic acids is 2. The molecule has 0 unspecified atom stereocenters. The van der Waals surface area contributed by atoms with Crippen molar-refractivity contribution in [3.05, 3.63) is 64.7 Å². The summed E-state index contributed by atoms with van der Waals surface area (Å²) in [6.07, 6.45) is -9.36. The van der Waals surface area contributed by atoms with Gasteiger partial charge in [0.25, 0.3) is 5.91 Å². The minimum Gasteiger partial charge on any atom is -0.497 e. The fourth-order valence-electron chi connectivity index (χ4n) is 3.62. The van der Waals surface area contributed by atoms with Gasteiger partial charge in [0.05, 0.1) is 18.2 Å². The molecule has 2 amide bonds. The van der Waals surface area contributed by atoms with Crippen LogP contribution in [0.15, 0.2) is 42.5 Å². The molecule has 1 heterocycles. The molecule has 0 N–H and O–H groups in total. The molecule has 0 aliphatic carbocycles. The molecule has 2 aromatic carbocycles. The van der Waals surface area contributed by atoms with Crippen LogP contribution in [0.5, 0.6) is 5.75 Å². The third-order valence-corrected chi connectivity index (χ3v) is 5.54. The van der Waals surface area contributed by atoms with E-state index in [0.29, 0.717) is 24.3 Å². The average molecular weight is 488 g/mol. The molecule has 3 rings (SSSR count). The number of hydrogen-bond donors (Lipinski definition) is 0. The zero-order valence-electron chi connectivity index (χ0n) is 18.2. The van der Waals surface area contributed by atoms with Gasteiger partial charge in [-0.2, -0.15) is 26.3 Å². The number of halogens is 6. The van der Waals surface area contributed by atoms with Gasteiger partial charge >= 0.3 is 12.4 Å². The summed E-state index contributed by atoms with van der Waals surface area (Å²) in [5.41, 5.74) is -2.84. The van der Waals surface area contributed by atoms with Crippen LogP contribution in [-0.2, 0) is 23.6 Å². The Morgan fingerprint density at radius 2 is 1.32 bits per heavy atom. The summed E-state index contributed by atoms with van der Waals surface area (Å²) in [6, 6.07) is 8.06. The number of benzene rings is 2. The first-order valence-corrected chi connectivity index (χ1v) is 10.4. The van der Waals surface area contributed by atoms with Crippen LogP contribution in [0.4, 0.5) is 26.3 Å². The number of nitrogens with zero attached hydrogens (tertiary/aromatic N) is 2. The van der Waals surface area contributed by atoms with E-state index < -0.39 is 35.0 Å². The number of carbonyl (C=O) groups is 2. The highest BCUT2D eigenvalue weighted by atomic mass is 19.4. The molecular weight excluding hydrogens is 466 g/mol. The minimum absolute atomic E-state index is 0.00467. The van der Waals surface area contributed by atoms with Crippen molar-refractivity contribution in [1.29, 1.82) is 0 Å². The van der Waals surface area contributed by atoms with Gasteiger partial charge in [-0.15, -0.1) is 0 Å². The van der Waals surface area contributed by atoms with Crippen molar-refractivity contribution < 1.29 is 40.7 Å². The van der Waals surface area contributed by atoms with Gasteiger partial charge in [0.2, 0.25) is 5.91 Å². The first-order chi connectivity index (χ1) is 15.9. The van der Waals surface area contributed by atoms with Crippen molar-refractivity contribution in [2.24, 2.45) is 0 Å². The van der Waals surface area contributed by atoms with E-state index in [2.05, 4.69) is 0 Å². The fraction of sp³-hybridized carbons (Fsp3) is 0.391. The molecule has 0 aromatic heterocycles. The maximum Gasteiger partial charge on any atom is 0.416 e. The summed E-state index contributed by atoms with van der Waals surface area (Å²) in [7, 11) is 1.55. The lowest BCUT2D eigenvalue weighted by Gasteiger charge is -2.35. The normalized spacial score (nSPS) is 14.8. The Hall–Kier alpha value is -3.24. The van der Waals surface area contributed by atoms with Gasteiger partial charge in [0.15, 0.2) is 0 Å². The molecule has 2 aromatic rings. The lowest BCUT2D eigenvalue weighted by atomic mass is 10.0. The van der Waals surface area contributed by atoms with E-state index in [1.165, 1.54) is 4.90 Å². The van der Waals surface area contributed by atoms with Crippen molar-refractivity contribution in [2.75, 3.05) is 33.3 Å².